The van der Waals surface area contributed by atoms with Gasteiger partial charge in [-0.1, -0.05) is 29.8 Å². The van der Waals surface area contributed by atoms with E-state index in [9.17, 15) is 14.0 Å². The molecule has 2 amide bonds. The molecule has 0 saturated heterocycles. The molecule has 2 rings (SSSR count). The molecule has 0 spiro atoms. The van der Waals surface area contributed by atoms with Gasteiger partial charge in [-0.25, -0.2) is 4.39 Å². The maximum atomic E-state index is 13.7. The van der Waals surface area contributed by atoms with Gasteiger partial charge in [0.1, 0.15) is 12.2 Å². The Bertz CT molecular complexity index is 797. The third kappa shape index (κ3) is 4.54. The number of carbonyl (C=O) groups is 2. The minimum absolute atomic E-state index is 0.0324. The lowest BCUT2D eigenvalue weighted by Crippen LogP contribution is -2.24. The van der Waals surface area contributed by atoms with E-state index in [1.165, 1.54) is 12.1 Å². The van der Waals surface area contributed by atoms with Crippen LogP contribution < -0.4 is 10.6 Å². The minimum Gasteiger partial charge on any atom is -0.348 e. The number of hydrogen-bond donors (Lipinski definition) is 2. The summed E-state index contributed by atoms with van der Waals surface area (Å²) in [5.41, 5.74) is 0.995. The van der Waals surface area contributed by atoms with Crippen molar-refractivity contribution >= 4 is 29.1 Å². The molecule has 0 aliphatic carbocycles. The van der Waals surface area contributed by atoms with Crippen LogP contribution in [0.2, 0.25) is 5.02 Å². The number of nitrogens with one attached hydrogen (secondary N) is 2. The van der Waals surface area contributed by atoms with Gasteiger partial charge in [0.25, 0.3) is 5.91 Å². The molecule has 2 aromatic carbocycles. The number of hydrogen-bond acceptors (Lipinski definition) is 3. The van der Waals surface area contributed by atoms with Crippen LogP contribution in [0.1, 0.15) is 22.3 Å². The normalized spacial score (nSPS) is 9.88. The van der Waals surface area contributed by atoms with E-state index < -0.39 is 17.6 Å². The van der Waals surface area contributed by atoms with Gasteiger partial charge >= 0.3 is 0 Å². The SMILES string of the molecule is N#CCC(=O)Nc1cccc(CNC(=O)c2c(F)cccc2Cl)c1. The second kappa shape index (κ2) is 8.09. The van der Waals surface area contributed by atoms with Gasteiger partial charge in [0.05, 0.1) is 16.7 Å². The van der Waals surface area contributed by atoms with Gasteiger partial charge in [0.15, 0.2) is 0 Å². The van der Waals surface area contributed by atoms with Crippen molar-refractivity contribution in [3.8, 4) is 6.07 Å². The van der Waals surface area contributed by atoms with E-state index in [1.54, 1.807) is 30.3 Å². The maximum absolute atomic E-state index is 13.7. The zero-order valence-electron chi connectivity index (χ0n) is 12.5. The van der Waals surface area contributed by atoms with Gasteiger partial charge in [-0.3, -0.25) is 9.59 Å². The maximum Gasteiger partial charge on any atom is 0.256 e. The number of amides is 2. The molecular formula is C17H13ClFN3O2. The molecule has 0 aliphatic rings. The van der Waals surface area contributed by atoms with Gasteiger partial charge in [-0.05, 0) is 29.8 Å². The summed E-state index contributed by atoms with van der Waals surface area (Å²) in [6, 6.07) is 12.5. The topological polar surface area (TPSA) is 82.0 Å². The third-order valence-electron chi connectivity index (χ3n) is 3.09. The summed E-state index contributed by atoms with van der Waals surface area (Å²) in [5, 5.41) is 13.6. The Kier molecular flexibility index (Phi) is 5.88. The van der Waals surface area contributed by atoms with Crippen molar-refractivity contribution in [1.29, 1.82) is 5.26 Å². The van der Waals surface area contributed by atoms with Crippen molar-refractivity contribution < 1.29 is 14.0 Å². The predicted molar refractivity (Wildman–Crippen MR) is 87.9 cm³/mol. The molecule has 24 heavy (non-hydrogen) atoms. The Morgan fingerprint density at radius 2 is 1.96 bits per heavy atom. The van der Waals surface area contributed by atoms with Crippen molar-refractivity contribution in [1.82, 2.24) is 5.32 Å². The number of halogens is 2. The summed E-state index contributed by atoms with van der Waals surface area (Å²) < 4.78 is 13.7. The monoisotopic (exact) mass is 345 g/mol. The van der Waals surface area contributed by atoms with E-state index >= 15 is 0 Å². The molecule has 0 aromatic heterocycles. The van der Waals surface area contributed by atoms with Crippen LogP contribution in [0.5, 0.6) is 0 Å². The first-order chi connectivity index (χ1) is 11.5. The van der Waals surface area contributed by atoms with Crippen LogP contribution in [0.15, 0.2) is 42.5 Å². The van der Waals surface area contributed by atoms with Crippen LogP contribution in [-0.4, -0.2) is 11.8 Å². The fraction of sp³-hybridized carbons (Fsp3) is 0.118. The van der Waals surface area contributed by atoms with Crippen LogP contribution in [0.4, 0.5) is 10.1 Å². The van der Waals surface area contributed by atoms with Crippen LogP contribution in [0.3, 0.4) is 0 Å². The van der Waals surface area contributed by atoms with Gasteiger partial charge < -0.3 is 10.6 Å². The van der Waals surface area contributed by atoms with E-state index in [4.69, 9.17) is 16.9 Å². The molecule has 5 nitrogen and oxygen atoms in total. The first-order valence-electron chi connectivity index (χ1n) is 6.99. The molecule has 0 aliphatic heterocycles. The van der Waals surface area contributed by atoms with Crippen LogP contribution in [-0.2, 0) is 11.3 Å². The standard InChI is InChI=1S/C17H13ClFN3O2/c18-13-5-2-6-14(19)16(13)17(24)21-10-11-3-1-4-12(9-11)22-15(23)7-8-20/h1-6,9H,7,10H2,(H,21,24)(H,22,23). The molecule has 0 fully saturated rings. The lowest BCUT2D eigenvalue weighted by atomic mass is 10.1. The molecule has 0 saturated carbocycles. The summed E-state index contributed by atoms with van der Waals surface area (Å²) in [7, 11) is 0. The molecule has 2 aromatic rings. The Labute approximate surface area is 143 Å². The molecule has 0 bridgehead atoms. The number of rotatable bonds is 5. The smallest absolute Gasteiger partial charge is 0.256 e. The molecular weight excluding hydrogens is 333 g/mol. The van der Waals surface area contributed by atoms with E-state index in [0.29, 0.717) is 11.3 Å². The molecule has 0 heterocycles. The summed E-state index contributed by atoms with van der Waals surface area (Å²) >= 11 is 5.84. The van der Waals surface area contributed by atoms with Crippen LogP contribution in [0, 0.1) is 17.1 Å². The van der Waals surface area contributed by atoms with Crippen molar-refractivity contribution in [3.05, 3.63) is 64.4 Å². The fourth-order valence-corrected chi connectivity index (χ4v) is 2.27. The largest absolute Gasteiger partial charge is 0.348 e. The Morgan fingerprint density at radius 1 is 1.21 bits per heavy atom. The van der Waals surface area contributed by atoms with Crippen LogP contribution >= 0.6 is 11.6 Å². The lowest BCUT2D eigenvalue weighted by molar-refractivity contribution is -0.115. The minimum atomic E-state index is -0.697. The molecule has 0 radical (unpaired) electrons. The van der Waals surface area contributed by atoms with Crippen molar-refractivity contribution in [2.24, 2.45) is 0 Å². The van der Waals surface area contributed by atoms with Crippen molar-refractivity contribution in [2.45, 2.75) is 13.0 Å². The molecule has 2 N–H and O–H groups in total. The average molecular weight is 346 g/mol. The average Bonchev–Trinajstić information content (AvgIpc) is 2.53. The Hall–Kier alpha value is -2.91. The highest BCUT2D eigenvalue weighted by atomic mass is 35.5. The lowest BCUT2D eigenvalue weighted by Gasteiger charge is -2.09. The van der Waals surface area contributed by atoms with Gasteiger partial charge in [0.2, 0.25) is 5.91 Å². The number of anilines is 1. The Balaban J connectivity index is 2.03. The summed E-state index contributed by atoms with van der Waals surface area (Å²) in [5.74, 6) is -1.74. The van der Waals surface area contributed by atoms with Gasteiger partial charge in [0, 0.05) is 12.2 Å². The van der Waals surface area contributed by atoms with E-state index in [1.807, 2.05) is 0 Å². The third-order valence-corrected chi connectivity index (χ3v) is 3.41. The van der Waals surface area contributed by atoms with E-state index in [0.717, 1.165) is 6.07 Å². The number of nitriles is 1. The molecule has 0 atom stereocenters. The zero-order chi connectivity index (χ0) is 17.5. The van der Waals surface area contributed by atoms with E-state index in [-0.39, 0.29) is 23.6 Å². The van der Waals surface area contributed by atoms with E-state index in [2.05, 4.69) is 10.6 Å². The summed E-state index contributed by atoms with van der Waals surface area (Å²) in [6.07, 6.45) is -0.243. The van der Waals surface area contributed by atoms with Crippen LogP contribution in [0.25, 0.3) is 0 Å². The zero-order valence-corrected chi connectivity index (χ0v) is 13.2. The highest BCUT2D eigenvalue weighted by Gasteiger charge is 2.15. The fourth-order valence-electron chi connectivity index (χ4n) is 2.02. The Morgan fingerprint density at radius 3 is 2.67 bits per heavy atom. The second-order valence-corrected chi connectivity index (χ2v) is 5.27. The molecule has 0 unspecified atom stereocenters. The first kappa shape index (κ1) is 17.4. The quantitative estimate of drug-likeness (QED) is 0.872. The summed E-state index contributed by atoms with van der Waals surface area (Å²) in [4.78, 5) is 23.5. The highest BCUT2D eigenvalue weighted by molar-refractivity contribution is 6.33. The number of carbonyl (C=O) groups excluding carboxylic acids is 2. The predicted octanol–water partition coefficient (Wildman–Crippen LogP) is 3.26. The van der Waals surface area contributed by atoms with Crippen molar-refractivity contribution in [2.75, 3.05) is 5.32 Å². The van der Waals surface area contributed by atoms with Gasteiger partial charge in [-0.2, -0.15) is 5.26 Å². The van der Waals surface area contributed by atoms with Gasteiger partial charge in [-0.15, -0.1) is 0 Å². The second-order valence-electron chi connectivity index (χ2n) is 4.86. The van der Waals surface area contributed by atoms with Crippen molar-refractivity contribution in [3.63, 3.8) is 0 Å². The first-order valence-corrected chi connectivity index (χ1v) is 7.37. The molecule has 7 heteroatoms. The summed E-state index contributed by atoms with van der Waals surface area (Å²) in [6.45, 7) is 0.130. The number of nitrogens with zero attached hydrogens (tertiary/aromatic N) is 1. The molecule has 122 valence electrons. The highest BCUT2D eigenvalue weighted by Crippen LogP contribution is 2.19. The number of benzene rings is 2.